The minimum atomic E-state index is -2.87. The van der Waals surface area contributed by atoms with Gasteiger partial charge in [0.25, 0.3) is 5.92 Å². The zero-order valence-corrected chi connectivity index (χ0v) is 20.2. The Labute approximate surface area is 201 Å². The molecule has 2 unspecified atom stereocenters. The van der Waals surface area contributed by atoms with Crippen LogP contribution in [0.1, 0.15) is 29.7 Å². The molecule has 2 atom stereocenters. The number of aryl methyl sites for hydroxylation is 1. The van der Waals surface area contributed by atoms with Crippen LogP contribution in [-0.2, 0) is 22.6 Å². The first kappa shape index (κ1) is 23.2. The number of allylic oxidation sites excluding steroid dienone is 1. The standard InChI is InChI=1S/C23H27ClF2N4O2S/c1-15-17(12-30(28-15)21-16(13-31-2)4-3-7-27-21)11-29-8-5-22(6-9-29)20-18(10-19(24)33-20)23(25,26)14-32-22/h3-4,7,10,12,18,20H,5-6,8-9,11,13-14H2,1-2H3. The lowest BCUT2D eigenvalue weighted by atomic mass is 9.77. The van der Waals surface area contributed by atoms with Crippen LogP contribution in [-0.4, -0.2) is 63.2 Å². The monoisotopic (exact) mass is 496 g/mol. The topological polar surface area (TPSA) is 52.4 Å². The summed E-state index contributed by atoms with van der Waals surface area (Å²) in [5, 5.41) is 4.35. The number of fused-ring (bicyclic) bond motifs is 2. The van der Waals surface area contributed by atoms with Crippen LogP contribution >= 0.6 is 23.4 Å². The van der Waals surface area contributed by atoms with Crippen LogP contribution < -0.4 is 0 Å². The van der Waals surface area contributed by atoms with Gasteiger partial charge in [-0.2, -0.15) is 5.10 Å². The van der Waals surface area contributed by atoms with Crippen molar-refractivity contribution in [3.63, 3.8) is 0 Å². The summed E-state index contributed by atoms with van der Waals surface area (Å²) in [4.78, 5) is 6.83. The molecule has 2 fully saturated rings. The highest BCUT2D eigenvalue weighted by atomic mass is 35.5. The van der Waals surface area contributed by atoms with Crippen LogP contribution in [0.4, 0.5) is 8.78 Å². The second-order valence-electron chi connectivity index (χ2n) is 9.03. The maximum absolute atomic E-state index is 14.4. The molecule has 0 saturated carbocycles. The number of halogens is 3. The summed E-state index contributed by atoms with van der Waals surface area (Å²) in [6, 6.07) is 3.87. The summed E-state index contributed by atoms with van der Waals surface area (Å²) >= 11 is 7.50. The van der Waals surface area contributed by atoms with Crippen LogP contribution in [0.25, 0.3) is 5.82 Å². The Morgan fingerprint density at radius 3 is 2.85 bits per heavy atom. The number of rotatable bonds is 5. The van der Waals surface area contributed by atoms with E-state index in [1.807, 2.05) is 29.9 Å². The van der Waals surface area contributed by atoms with Gasteiger partial charge in [-0.1, -0.05) is 17.7 Å². The molecular weight excluding hydrogens is 470 g/mol. The van der Waals surface area contributed by atoms with Crippen molar-refractivity contribution in [2.45, 2.75) is 49.7 Å². The van der Waals surface area contributed by atoms with E-state index in [1.54, 1.807) is 13.3 Å². The van der Waals surface area contributed by atoms with Gasteiger partial charge in [0.05, 0.1) is 33.4 Å². The molecule has 2 saturated heterocycles. The van der Waals surface area contributed by atoms with Crippen molar-refractivity contribution >= 4 is 23.4 Å². The van der Waals surface area contributed by atoms with E-state index in [9.17, 15) is 8.78 Å². The summed E-state index contributed by atoms with van der Waals surface area (Å²) in [6.07, 6.45) is 6.71. The third-order valence-corrected chi connectivity index (χ3v) is 8.65. The van der Waals surface area contributed by atoms with E-state index >= 15 is 0 Å². The lowest BCUT2D eigenvalue weighted by Crippen LogP contribution is -2.61. The number of ether oxygens (including phenoxy) is 2. The quantitative estimate of drug-likeness (QED) is 0.606. The minimum Gasteiger partial charge on any atom is -0.380 e. The molecular formula is C23H27ClF2N4O2S. The third kappa shape index (κ3) is 4.34. The summed E-state index contributed by atoms with van der Waals surface area (Å²) in [7, 11) is 1.66. The minimum absolute atomic E-state index is 0.330. The van der Waals surface area contributed by atoms with E-state index in [1.165, 1.54) is 17.8 Å². The molecule has 0 amide bonds. The molecule has 3 aliphatic rings. The number of thioether (sulfide) groups is 1. The van der Waals surface area contributed by atoms with Gasteiger partial charge in [-0.25, -0.2) is 18.4 Å². The van der Waals surface area contributed by atoms with E-state index in [0.29, 0.717) is 23.8 Å². The average Bonchev–Trinajstić information content (AvgIpc) is 3.37. The van der Waals surface area contributed by atoms with E-state index in [4.69, 9.17) is 21.1 Å². The van der Waals surface area contributed by atoms with Crippen LogP contribution in [0.3, 0.4) is 0 Å². The first-order valence-electron chi connectivity index (χ1n) is 11.1. The molecule has 6 nitrogen and oxygen atoms in total. The van der Waals surface area contributed by atoms with Crippen molar-refractivity contribution in [2.24, 2.45) is 5.92 Å². The fourth-order valence-corrected chi connectivity index (χ4v) is 6.92. The van der Waals surface area contributed by atoms with Crippen molar-refractivity contribution in [2.75, 3.05) is 26.8 Å². The van der Waals surface area contributed by atoms with Gasteiger partial charge in [-0.3, -0.25) is 4.90 Å². The predicted octanol–water partition coefficient (Wildman–Crippen LogP) is 4.53. The van der Waals surface area contributed by atoms with E-state index in [2.05, 4.69) is 15.0 Å². The Morgan fingerprint density at radius 1 is 1.30 bits per heavy atom. The molecule has 10 heteroatoms. The lowest BCUT2D eigenvalue weighted by molar-refractivity contribution is -0.215. The SMILES string of the molecule is COCc1cccnc1-n1cc(CN2CCC3(CC2)OCC(F)(F)C2C=C(Cl)SC23)c(C)n1. The number of pyridine rings is 1. The number of nitrogens with zero attached hydrogens (tertiary/aromatic N) is 4. The van der Waals surface area contributed by atoms with Crippen LogP contribution in [0, 0.1) is 12.8 Å². The van der Waals surface area contributed by atoms with Gasteiger partial charge in [0.2, 0.25) is 0 Å². The number of methoxy groups -OCH3 is 1. The Balaban J connectivity index is 1.27. The summed E-state index contributed by atoms with van der Waals surface area (Å²) in [5.41, 5.74) is 2.48. The van der Waals surface area contributed by atoms with Crippen molar-refractivity contribution in [1.82, 2.24) is 19.7 Å². The fraction of sp³-hybridized carbons (Fsp3) is 0.565. The summed E-state index contributed by atoms with van der Waals surface area (Å²) < 4.78 is 42.3. The van der Waals surface area contributed by atoms with E-state index < -0.39 is 24.0 Å². The van der Waals surface area contributed by atoms with Gasteiger partial charge in [0.15, 0.2) is 5.82 Å². The number of hydrogen-bond donors (Lipinski definition) is 0. The normalized spacial score (nSPS) is 26.4. The molecule has 0 aromatic carbocycles. The molecule has 2 aromatic rings. The first-order valence-corrected chi connectivity index (χ1v) is 12.3. The van der Waals surface area contributed by atoms with Gasteiger partial charge in [0, 0.05) is 50.3 Å². The lowest BCUT2D eigenvalue weighted by Gasteiger charge is -2.51. The average molecular weight is 497 g/mol. The predicted molar refractivity (Wildman–Crippen MR) is 124 cm³/mol. The summed E-state index contributed by atoms with van der Waals surface area (Å²) in [5.74, 6) is -2.96. The zero-order chi connectivity index (χ0) is 23.2. The number of likely N-dealkylation sites (tertiary alicyclic amines) is 1. The third-order valence-electron chi connectivity index (χ3n) is 6.92. The fourth-order valence-electron chi connectivity index (χ4n) is 5.08. The van der Waals surface area contributed by atoms with Crippen molar-refractivity contribution in [1.29, 1.82) is 0 Å². The van der Waals surface area contributed by atoms with Crippen molar-refractivity contribution < 1.29 is 18.3 Å². The molecule has 33 heavy (non-hydrogen) atoms. The Morgan fingerprint density at radius 2 is 2.09 bits per heavy atom. The van der Waals surface area contributed by atoms with Gasteiger partial charge < -0.3 is 9.47 Å². The highest BCUT2D eigenvalue weighted by molar-refractivity contribution is 8.05. The Kier molecular flexibility index (Phi) is 6.28. The van der Waals surface area contributed by atoms with Crippen LogP contribution in [0.5, 0.6) is 0 Å². The molecule has 0 N–H and O–H groups in total. The van der Waals surface area contributed by atoms with Crippen molar-refractivity contribution in [3.05, 3.63) is 51.8 Å². The maximum atomic E-state index is 14.4. The molecule has 1 spiro atoms. The van der Waals surface area contributed by atoms with Crippen molar-refractivity contribution in [3.8, 4) is 5.82 Å². The summed E-state index contributed by atoms with van der Waals surface area (Å²) in [6.45, 7) is 4.21. The zero-order valence-electron chi connectivity index (χ0n) is 18.6. The Hall–Kier alpha value is -1.52. The number of aromatic nitrogens is 3. The Bertz CT molecular complexity index is 1050. The van der Waals surface area contributed by atoms with Gasteiger partial charge in [0.1, 0.15) is 6.61 Å². The smallest absolute Gasteiger partial charge is 0.278 e. The van der Waals surface area contributed by atoms with Gasteiger partial charge in [-0.05, 0) is 31.9 Å². The number of piperidine rings is 1. The van der Waals surface area contributed by atoms with E-state index in [0.717, 1.165) is 42.3 Å². The maximum Gasteiger partial charge on any atom is 0.278 e. The molecule has 0 aliphatic carbocycles. The molecule has 2 aromatic heterocycles. The highest BCUT2D eigenvalue weighted by Crippen LogP contribution is 2.56. The molecule has 3 aliphatic heterocycles. The number of alkyl halides is 2. The highest BCUT2D eigenvalue weighted by Gasteiger charge is 2.60. The second-order valence-corrected chi connectivity index (χ2v) is 10.8. The largest absolute Gasteiger partial charge is 0.380 e. The van der Waals surface area contributed by atoms with E-state index in [-0.39, 0.29) is 5.25 Å². The first-order chi connectivity index (χ1) is 15.8. The molecule has 0 bridgehead atoms. The second kappa shape index (κ2) is 8.92. The number of hydrogen-bond acceptors (Lipinski definition) is 6. The van der Waals surface area contributed by atoms with Crippen LogP contribution in [0.15, 0.2) is 35.0 Å². The molecule has 0 radical (unpaired) electrons. The molecule has 5 rings (SSSR count). The van der Waals surface area contributed by atoms with Crippen LogP contribution in [0.2, 0.25) is 0 Å². The van der Waals surface area contributed by atoms with Gasteiger partial charge >= 0.3 is 0 Å². The molecule has 5 heterocycles. The molecule has 178 valence electrons. The van der Waals surface area contributed by atoms with Gasteiger partial charge in [-0.15, -0.1) is 11.8 Å².